The Morgan fingerprint density at radius 2 is 1.65 bits per heavy atom. The van der Waals surface area contributed by atoms with Crippen molar-refractivity contribution < 1.29 is 9.52 Å². The maximum absolute atomic E-state index is 9.99. The van der Waals surface area contributed by atoms with Gasteiger partial charge in [0, 0.05) is 5.69 Å². The first-order valence-corrected chi connectivity index (χ1v) is 9.42. The predicted octanol–water partition coefficient (Wildman–Crippen LogP) is 4.18. The molecule has 0 saturated heterocycles. The van der Waals surface area contributed by atoms with Gasteiger partial charge in [0.15, 0.2) is 0 Å². The van der Waals surface area contributed by atoms with Crippen LogP contribution < -0.4 is 10.6 Å². The monoisotopic (exact) mass is 353 g/mol. The fourth-order valence-corrected chi connectivity index (χ4v) is 4.33. The maximum Gasteiger partial charge on any atom is 0.228 e. The Morgan fingerprint density at radius 1 is 1.08 bits per heavy atom. The summed E-state index contributed by atoms with van der Waals surface area (Å²) >= 11 is 0. The summed E-state index contributed by atoms with van der Waals surface area (Å²) in [5.74, 6) is 1.42. The number of aliphatic hydroxyl groups is 1. The highest BCUT2D eigenvalue weighted by Gasteiger charge is 2.27. The smallest absolute Gasteiger partial charge is 0.228 e. The summed E-state index contributed by atoms with van der Waals surface area (Å²) < 4.78 is 5.59. The van der Waals surface area contributed by atoms with Gasteiger partial charge in [-0.3, -0.25) is 0 Å². The van der Waals surface area contributed by atoms with Crippen molar-refractivity contribution >= 4 is 11.6 Å². The van der Waals surface area contributed by atoms with Gasteiger partial charge < -0.3 is 20.2 Å². The second-order valence-electron chi connectivity index (χ2n) is 7.94. The van der Waals surface area contributed by atoms with Crippen molar-refractivity contribution in [2.24, 2.45) is 0 Å². The summed E-state index contributed by atoms with van der Waals surface area (Å²) in [6, 6.07) is 0. The molecule has 5 nitrogen and oxygen atoms in total. The van der Waals surface area contributed by atoms with E-state index in [2.05, 4.69) is 29.1 Å². The van der Waals surface area contributed by atoms with Crippen molar-refractivity contribution in [3.63, 3.8) is 0 Å². The molecule has 0 fully saturated rings. The summed E-state index contributed by atoms with van der Waals surface area (Å²) in [6.45, 7) is 9.70. The predicted molar refractivity (Wildman–Crippen MR) is 103 cm³/mol. The van der Waals surface area contributed by atoms with Crippen molar-refractivity contribution in [1.82, 2.24) is 4.98 Å². The minimum atomic E-state index is -1.10. The number of hydrogen-bond donors (Lipinski definition) is 3. The molecule has 0 amide bonds. The van der Waals surface area contributed by atoms with E-state index in [0.29, 0.717) is 11.7 Å². The summed E-state index contributed by atoms with van der Waals surface area (Å²) in [4.78, 5) is 4.13. The molecule has 3 N–H and O–H groups in total. The van der Waals surface area contributed by atoms with E-state index >= 15 is 0 Å². The Kier molecular flexibility index (Phi) is 4.07. The van der Waals surface area contributed by atoms with Gasteiger partial charge in [0.2, 0.25) is 11.8 Å². The molecule has 0 atom stereocenters. The number of hydrogen-bond acceptors (Lipinski definition) is 5. The van der Waals surface area contributed by atoms with E-state index in [4.69, 9.17) is 4.42 Å². The van der Waals surface area contributed by atoms with Crippen LogP contribution in [0.3, 0.4) is 0 Å². The number of fused-ring (bicyclic) bond motifs is 2. The summed E-state index contributed by atoms with van der Waals surface area (Å²) in [7, 11) is 0. The quantitative estimate of drug-likeness (QED) is 0.752. The van der Waals surface area contributed by atoms with E-state index in [9.17, 15) is 5.11 Å². The summed E-state index contributed by atoms with van der Waals surface area (Å²) in [5, 5.41) is 16.6. The van der Waals surface area contributed by atoms with Gasteiger partial charge in [0.05, 0.1) is 6.20 Å². The van der Waals surface area contributed by atoms with Gasteiger partial charge in [0.1, 0.15) is 11.4 Å². The molecule has 1 heterocycles. The fraction of sp³-hybridized carbons (Fsp3) is 0.476. The van der Waals surface area contributed by atoms with E-state index in [1.165, 1.54) is 59.2 Å². The van der Waals surface area contributed by atoms with Gasteiger partial charge in [-0.05, 0) is 87.1 Å². The van der Waals surface area contributed by atoms with Crippen LogP contribution in [0.5, 0.6) is 0 Å². The highest BCUT2D eigenvalue weighted by Crippen LogP contribution is 2.41. The highest BCUT2D eigenvalue weighted by atomic mass is 16.4. The molecule has 0 radical (unpaired) electrons. The number of rotatable bonds is 5. The first kappa shape index (κ1) is 17.2. The molecule has 2 aromatic rings. The first-order valence-electron chi connectivity index (χ1n) is 9.42. The van der Waals surface area contributed by atoms with Crippen molar-refractivity contribution in [1.29, 1.82) is 0 Å². The Hall–Kier alpha value is -2.27. The van der Waals surface area contributed by atoms with E-state index in [-0.39, 0.29) is 5.89 Å². The van der Waals surface area contributed by atoms with Crippen LogP contribution in [0.4, 0.5) is 11.6 Å². The van der Waals surface area contributed by atoms with E-state index < -0.39 is 5.60 Å². The van der Waals surface area contributed by atoms with Gasteiger partial charge >= 0.3 is 0 Å². The minimum Gasteiger partial charge on any atom is -0.422 e. The molecule has 5 heteroatoms. The van der Waals surface area contributed by atoms with Gasteiger partial charge in [-0.25, -0.2) is 4.98 Å². The number of benzene rings is 1. The number of aromatic nitrogens is 1. The van der Waals surface area contributed by atoms with Crippen molar-refractivity contribution in [2.75, 3.05) is 10.6 Å². The molecular weight excluding hydrogens is 326 g/mol. The molecular formula is C21H27N3O2. The fourth-order valence-electron chi connectivity index (χ4n) is 4.33. The third-order valence-corrected chi connectivity index (χ3v) is 5.52. The number of nitrogens with zero attached hydrogens (tertiary/aromatic N) is 1. The Balaban J connectivity index is 1.58. The Bertz CT molecular complexity index is 839. The zero-order chi connectivity index (χ0) is 18.5. The number of anilines is 2. The lowest BCUT2D eigenvalue weighted by molar-refractivity contribution is 0.0491. The first-order chi connectivity index (χ1) is 12.3. The van der Waals surface area contributed by atoms with Crippen LogP contribution in [0, 0.1) is 6.92 Å². The average molecular weight is 353 g/mol. The largest absolute Gasteiger partial charge is 0.422 e. The van der Waals surface area contributed by atoms with E-state index in [1.54, 1.807) is 20.0 Å². The third kappa shape index (κ3) is 2.90. The molecule has 0 saturated carbocycles. The van der Waals surface area contributed by atoms with E-state index in [1.807, 2.05) is 0 Å². The number of nitrogens with one attached hydrogen (secondary N) is 2. The summed E-state index contributed by atoms with van der Waals surface area (Å²) in [6.07, 6.45) is 8.65. The standard InChI is InChI=1S/C21H27N3O2/c1-12-14-7-5-9-16(14)19(17-10-6-8-15(12)17)24-13(2)23-18-11-22-20(26-18)21(3,4)25/h11,23-25H,2,5-10H2,1,3-4H3. The molecule has 1 aromatic heterocycles. The molecule has 1 aromatic carbocycles. The molecule has 26 heavy (non-hydrogen) atoms. The molecule has 0 unspecified atom stereocenters. The van der Waals surface area contributed by atoms with Crippen LogP contribution in [0.15, 0.2) is 23.0 Å². The Labute approximate surface area is 154 Å². The van der Waals surface area contributed by atoms with Crippen molar-refractivity contribution in [3.8, 4) is 0 Å². The molecule has 0 bridgehead atoms. The third-order valence-electron chi connectivity index (χ3n) is 5.52. The lowest BCUT2D eigenvalue weighted by Crippen LogP contribution is -2.15. The van der Waals surface area contributed by atoms with Crippen LogP contribution in [0.2, 0.25) is 0 Å². The van der Waals surface area contributed by atoms with Gasteiger partial charge in [-0.1, -0.05) is 6.58 Å². The van der Waals surface area contributed by atoms with Gasteiger partial charge in [0.25, 0.3) is 0 Å². The molecule has 2 aliphatic carbocycles. The second-order valence-corrected chi connectivity index (χ2v) is 7.94. The normalized spacial score (nSPS) is 15.7. The topological polar surface area (TPSA) is 70.3 Å². The average Bonchev–Trinajstić information content (AvgIpc) is 3.29. The van der Waals surface area contributed by atoms with Crippen LogP contribution in [0.1, 0.15) is 60.4 Å². The van der Waals surface area contributed by atoms with Crippen LogP contribution in [0.25, 0.3) is 0 Å². The van der Waals surface area contributed by atoms with Crippen LogP contribution >= 0.6 is 0 Å². The zero-order valence-corrected chi connectivity index (χ0v) is 15.8. The SMILES string of the molecule is C=C(Nc1cnc(C(C)(C)O)o1)Nc1c2c(c(C)c3c1CCC3)CCC2. The number of oxazole rings is 1. The lowest BCUT2D eigenvalue weighted by atomic mass is 9.93. The molecule has 0 spiro atoms. The zero-order valence-electron chi connectivity index (χ0n) is 15.8. The van der Waals surface area contributed by atoms with Crippen molar-refractivity contribution in [3.05, 3.63) is 52.3 Å². The van der Waals surface area contributed by atoms with Crippen molar-refractivity contribution in [2.45, 2.75) is 64.9 Å². The maximum atomic E-state index is 9.99. The molecule has 138 valence electrons. The molecule has 2 aliphatic rings. The minimum absolute atomic E-state index is 0.282. The molecule has 4 rings (SSSR count). The summed E-state index contributed by atoms with van der Waals surface area (Å²) in [5.41, 5.74) is 7.64. The van der Waals surface area contributed by atoms with Crippen LogP contribution in [-0.2, 0) is 31.3 Å². The Morgan fingerprint density at radius 3 is 2.19 bits per heavy atom. The molecule has 0 aliphatic heterocycles. The van der Waals surface area contributed by atoms with E-state index in [0.717, 1.165) is 12.8 Å². The highest BCUT2D eigenvalue weighted by molar-refractivity contribution is 5.70. The van der Waals surface area contributed by atoms with Gasteiger partial charge in [-0.15, -0.1) is 0 Å². The second kappa shape index (κ2) is 6.16. The lowest BCUT2D eigenvalue weighted by Gasteiger charge is -2.20. The van der Waals surface area contributed by atoms with Gasteiger partial charge in [-0.2, -0.15) is 0 Å². The van der Waals surface area contributed by atoms with Crippen LogP contribution in [-0.4, -0.2) is 10.1 Å².